The van der Waals surface area contributed by atoms with E-state index in [9.17, 15) is 4.79 Å². The van der Waals surface area contributed by atoms with Crippen molar-refractivity contribution in [2.75, 3.05) is 29.6 Å². The van der Waals surface area contributed by atoms with Crippen LogP contribution in [-0.2, 0) is 4.79 Å². The molecule has 3 aromatic rings. The van der Waals surface area contributed by atoms with E-state index in [1.807, 2.05) is 85.9 Å². The molecule has 1 heterocycles. The molecule has 6 nitrogen and oxygen atoms in total. The van der Waals surface area contributed by atoms with Gasteiger partial charge in [-0.05, 0) is 36.5 Å². The standard InChI is InChI=1S/C24H23N5OS/c1-25-17-11-8-12-18(15-17)26-24(31)28-22-23(30)29(2)20-14-7-6-13-19(20)21(27-22)16-9-4-3-5-10-16/h3-15,22,25H,1-2H3,(H2,26,28,31). The highest BCUT2D eigenvalue weighted by Gasteiger charge is 2.30. The average Bonchev–Trinajstić information content (AvgIpc) is 2.90. The van der Waals surface area contributed by atoms with E-state index in [0.29, 0.717) is 5.11 Å². The highest BCUT2D eigenvalue weighted by Crippen LogP contribution is 2.27. The van der Waals surface area contributed by atoms with Crippen LogP contribution in [0.25, 0.3) is 0 Å². The van der Waals surface area contributed by atoms with Gasteiger partial charge >= 0.3 is 0 Å². The molecule has 1 aliphatic rings. The zero-order chi connectivity index (χ0) is 21.8. The fraction of sp³-hybridized carbons (Fsp3) is 0.125. The van der Waals surface area contributed by atoms with E-state index in [0.717, 1.165) is 33.9 Å². The molecule has 3 N–H and O–H groups in total. The van der Waals surface area contributed by atoms with Gasteiger partial charge < -0.3 is 20.9 Å². The van der Waals surface area contributed by atoms with Crippen molar-refractivity contribution >= 4 is 46.0 Å². The van der Waals surface area contributed by atoms with Gasteiger partial charge in [0.05, 0.1) is 11.4 Å². The number of amides is 1. The van der Waals surface area contributed by atoms with Crippen LogP contribution < -0.4 is 20.9 Å². The molecule has 4 rings (SSSR count). The topological polar surface area (TPSA) is 68.8 Å². The molecule has 0 saturated heterocycles. The first-order valence-corrected chi connectivity index (χ1v) is 10.3. The van der Waals surface area contributed by atoms with Crippen molar-refractivity contribution in [2.24, 2.45) is 4.99 Å². The Bertz CT molecular complexity index is 1150. The Hall–Kier alpha value is -3.71. The van der Waals surface area contributed by atoms with E-state index in [2.05, 4.69) is 16.0 Å². The van der Waals surface area contributed by atoms with E-state index in [-0.39, 0.29) is 5.91 Å². The fourth-order valence-electron chi connectivity index (χ4n) is 3.49. The van der Waals surface area contributed by atoms with Gasteiger partial charge in [-0.1, -0.05) is 54.6 Å². The van der Waals surface area contributed by atoms with Crippen LogP contribution in [0.3, 0.4) is 0 Å². The first-order chi connectivity index (χ1) is 15.1. The number of rotatable bonds is 4. The van der Waals surface area contributed by atoms with Crippen molar-refractivity contribution in [2.45, 2.75) is 6.17 Å². The SMILES string of the molecule is CNc1cccc(NC(=S)NC2N=C(c3ccccc3)c3ccccc3N(C)C2=O)c1. The molecule has 1 unspecified atom stereocenters. The normalized spacial score (nSPS) is 15.4. The Morgan fingerprint density at radius 2 is 1.68 bits per heavy atom. The lowest BCUT2D eigenvalue weighted by Gasteiger charge is -2.22. The van der Waals surface area contributed by atoms with Gasteiger partial charge in [0.25, 0.3) is 5.91 Å². The number of thiocarbonyl (C=S) groups is 1. The smallest absolute Gasteiger partial charge is 0.272 e. The lowest BCUT2D eigenvalue weighted by atomic mass is 10.0. The number of aliphatic imine (C=N–C) groups is 1. The van der Waals surface area contributed by atoms with Crippen LogP contribution in [0.15, 0.2) is 83.9 Å². The lowest BCUT2D eigenvalue weighted by molar-refractivity contribution is -0.119. The summed E-state index contributed by atoms with van der Waals surface area (Å²) in [6.07, 6.45) is -0.861. The third kappa shape index (κ3) is 4.41. The Morgan fingerprint density at radius 1 is 0.968 bits per heavy atom. The van der Waals surface area contributed by atoms with Crippen LogP contribution in [0.1, 0.15) is 11.1 Å². The van der Waals surface area contributed by atoms with Crippen molar-refractivity contribution in [3.63, 3.8) is 0 Å². The summed E-state index contributed by atoms with van der Waals surface area (Å²) in [4.78, 5) is 19.7. The van der Waals surface area contributed by atoms with Crippen molar-refractivity contribution < 1.29 is 4.79 Å². The summed E-state index contributed by atoms with van der Waals surface area (Å²) >= 11 is 5.49. The van der Waals surface area contributed by atoms with Crippen molar-refractivity contribution in [1.29, 1.82) is 0 Å². The monoisotopic (exact) mass is 429 g/mol. The second kappa shape index (κ2) is 8.97. The third-order valence-corrected chi connectivity index (χ3v) is 5.29. The summed E-state index contributed by atoms with van der Waals surface area (Å²) in [7, 11) is 3.61. The van der Waals surface area contributed by atoms with E-state index in [4.69, 9.17) is 17.2 Å². The molecule has 0 fully saturated rings. The molecule has 3 aromatic carbocycles. The molecule has 0 aliphatic carbocycles. The number of benzene rings is 3. The van der Waals surface area contributed by atoms with Crippen LogP contribution in [0, 0.1) is 0 Å². The van der Waals surface area contributed by atoms with Gasteiger partial charge in [-0.2, -0.15) is 0 Å². The summed E-state index contributed by atoms with van der Waals surface area (Å²) in [6.45, 7) is 0. The maximum atomic E-state index is 13.2. The highest BCUT2D eigenvalue weighted by atomic mass is 32.1. The molecule has 31 heavy (non-hydrogen) atoms. The summed E-state index contributed by atoms with van der Waals surface area (Å²) in [5, 5.41) is 9.63. The number of benzodiazepines with no additional fused rings is 1. The van der Waals surface area contributed by atoms with Crippen LogP contribution in [0.4, 0.5) is 17.1 Å². The molecular formula is C24H23N5OS. The van der Waals surface area contributed by atoms with Crippen LogP contribution in [0.5, 0.6) is 0 Å². The minimum Gasteiger partial charge on any atom is -0.388 e. The largest absolute Gasteiger partial charge is 0.388 e. The Balaban J connectivity index is 1.66. The van der Waals surface area contributed by atoms with Crippen molar-refractivity contribution in [3.05, 3.63) is 90.0 Å². The number of carbonyl (C=O) groups excluding carboxylic acids is 1. The average molecular weight is 430 g/mol. The maximum absolute atomic E-state index is 13.2. The van der Waals surface area contributed by atoms with Crippen molar-refractivity contribution in [3.8, 4) is 0 Å². The molecule has 0 bridgehead atoms. The number of likely N-dealkylation sites (N-methyl/N-ethyl adjacent to an activating group) is 1. The van der Waals surface area contributed by atoms with Gasteiger partial charge in [0, 0.05) is 36.6 Å². The van der Waals surface area contributed by atoms with Crippen molar-refractivity contribution in [1.82, 2.24) is 5.32 Å². The molecule has 1 aliphatic heterocycles. The summed E-state index contributed by atoms with van der Waals surface area (Å²) in [5.74, 6) is -0.188. The molecule has 0 aromatic heterocycles. The maximum Gasteiger partial charge on any atom is 0.272 e. The number of anilines is 3. The number of carbonyl (C=O) groups is 1. The minimum absolute atomic E-state index is 0.188. The number of nitrogens with zero attached hydrogens (tertiary/aromatic N) is 2. The van der Waals surface area contributed by atoms with Gasteiger partial charge in [0.15, 0.2) is 5.11 Å². The van der Waals surface area contributed by atoms with Gasteiger partial charge in [-0.3, -0.25) is 4.79 Å². The van der Waals surface area contributed by atoms with E-state index in [1.54, 1.807) is 11.9 Å². The number of hydrogen-bond acceptors (Lipinski definition) is 4. The Kier molecular flexibility index (Phi) is 5.95. The summed E-state index contributed by atoms with van der Waals surface area (Å²) < 4.78 is 0. The van der Waals surface area contributed by atoms with Gasteiger partial charge in [-0.15, -0.1) is 0 Å². The predicted molar refractivity (Wildman–Crippen MR) is 131 cm³/mol. The first-order valence-electron chi connectivity index (χ1n) is 9.92. The second-order valence-corrected chi connectivity index (χ2v) is 7.50. The van der Waals surface area contributed by atoms with E-state index >= 15 is 0 Å². The first kappa shape index (κ1) is 20.6. The molecule has 0 saturated carbocycles. The number of fused-ring (bicyclic) bond motifs is 1. The van der Waals surface area contributed by atoms with Crippen LogP contribution >= 0.6 is 12.2 Å². The summed E-state index contributed by atoms with van der Waals surface area (Å²) in [5.41, 5.74) is 5.15. The predicted octanol–water partition coefficient (Wildman–Crippen LogP) is 3.85. The molecule has 0 spiro atoms. The van der Waals surface area contributed by atoms with Crippen LogP contribution in [0.2, 0.25) is 0 Å². The van der Waals surface area contributed by atoms with Gasteiger partial charge in [-0.25, -0.2) is 4.99 Å². The lowest BCUT2D eigenvalue weighted by Crippen LogP contribution is -2.47. The quantitative estimate of drug-likeness (QED) is 0.550. The minimum atomic E-state index is -0.861. The number of para-hydroxylation sites is 1. The molecule has 0 radical (unpaired) electrons. The Labute approximate surface area is 187 Å². The fourth-order valence-corrected chi connectivity index (χ4v) is 3.72. The molecule has 156 valence electrons. The third-order valence-electron chi connectivity index (χ3n) is 5.07. The molecule has 7 heteroatoms. The summed E-state index contributed by atoms with van der Waals surface area (Å²) in [6, 6.07) is 25.3. The van der Waals surface area contributed by atoms with Gasteiger partial charge in [0.2, 0.25) is 6.17 Å². The zero-order valence-corrected chi connectivity index (χ0v) is 18.1. The van der Waals surface area contributed by atoms with E-state index in [1.165, 1.54) is 0 Å². The number of hydrogen-bond donors (Lipinski definition) is 3. The molecule has 1 atom stereocenters. The molecular weight excluding hydrogens is 406 g/mol. The zero-order valence-electron chi connectivity index (χ0n) is 17.3. The number of nitrogens with one attached hydrogen (secondary N) is 3. The second-order valence-electron chi connectivity index (χ2n) is 7.09. The van der Waals surface area contributed by atoms with Crippen LogP contribution in [-0.4, -0.2) is 37.0 Å². The molecule has 1 amide bonds. The van der Waals surface area contributed by atoms with Gasteiger partial charge in [0.1, 0.15) is 0 Å². The highest BCUT2D eigenvalue weighted by molar-refractivity contribution is 7.80. The Morgan fingerprint density at radius 3 is 2.45 bits per heavy atom. The van der Waals surface area contributed by atoms with E-state index < -0.39 is 6.17 Å².